The lowest BCUT2D eigenvalue weighted by Gasteiger charge is -2.33. The second-order valence-corrected chi connectivity index (χ2v) is 8.55. The lowest BCUT2D eigenvalue weighted by atomic mass is 9.89. The first-order valence-electron chi connectivity index (χ1n) is 10.2. The van der Waals surface area contributed by atoms with Gasteiger partial charge >= 0.3 is 5.69 Å². The van der Waals surface area contributed by atoms with Crippen LogP contribution in [-0.4, -0.2) is 59.1 Å². The number of nitrogens with zero attached hydrogens (tertiary/aromatic N) is 2. The van der Waals surface area contributed by atoms with Crippen molar-refractivity contribution < 1.29 is 13.2 Å². The fraction of sp³-hybridized carbons (Fsp3) is 0.700. The molecule has 2 heterocycles. The first-order valence-corrected chi connectivity index (χ1v) is 10.2. The summed E-state index contributed by atoms with van der Waals surface area (Å²) in [5.74, 6) is -0.971. The molecular weight excluding hydrogens is 385 g/mol. The van der Waals surface area contributed by atoms with E-state index in [4.69, 9.17) is 5.73 Å². The molecule has 0 bridgehead atoms. The molecule has 1 aromatic heterocycles. The molecule has 160 valence electrons. The van der Waals surface area contributed by atoms with Crippen molar-refractivity contribution in [3.63, 3.8) is 0 Å². The van der Waals surface area contributed by atoms with E-state index in [1.807, 2.05) is 4.90 Å². The summed E-state index contributed by atoms with van der Waals surface area (Å²) in [6.07, 6.45) is 2.21. The summed E-state index contributed by atoms with van der Waals surface area (Å²) < 4.78 is 42.8. The first-order chi connectivity index (χ1) is 13.9. The zero-order valence-electron chi connectivity index (χ0n) is 16.4. The van der Waals surface area contributed by atoms with E-state index in [2.05, 4.69) is 4.98 Å². The minimum atomic E-state index is -1.41. The molecule has 0 aromatic carbocycles. The number of nitrogens with two attached hydrogens (primary N) is 1. The number of rotatable bonds is 6. The molecule has 3 aliphatic rings. The second kappa shape index (κ2) is 7.75. The van der Waals surface area contributed by atoms with Crippen molar-refractivity contribution in [1.29, 1.82) is 0 Å². The van der Waals surface area contributed by atoms with Crippen LogP contribution in [0.15, 0.2) is 9.59 Å². The highest BCUT2D eigenvalue weighted by Crippen LogP contribution is 2.33. The van der Waals surface area contributed by atoms with E-state index < -0.39 is 48.8 Å². The molecule has 9 heteroatoms. The molecule has 4 rings (SSSR count). The molecule has 1 aromatic rings. The average Bonchev–Trinajstić information content (AvgIpc) is 3.40. The number of fused-ring (bicyclic) bond motifs is 1. The van der Waals surface area contributed by atoms with Gasteiger partial charge in [0.2, 0.25) is 0 Å². The number of alkyl halides is 3. The Kier molecular flexibility index (Phi) is 5.46. The van der Waals surface area contributed by atoms with Crippen LogP contribution in [0.1, 0.15) is 32.2 Å². The van der Waals surface area contributed by atoms with Crippen LogP contribution >= 0.6 is 0 Å². The van der Waals surface area contributed by atoms with Crippen molar-refractivity contribution in [3.8, 4) is 0 Å². The second-order valence-electron chi connectivity index (χ2n) is 8.55. The van der Waals surface area contributed by atoms with Gasteiger partial charge in [-0.15, -0.1) is 0 Å². The van der Waals surface area contributed by atoms with Crippen LogP contribution < -0.4 is 27.6 Å². The van der Waals surface area contributed by atoms with E-state index in [1.54, 1.807) is 11.5 Å². The van der Waals surface area contributed by atoms with Gasteiger partial charge in [-0.05, 0) is 50.3 Å². The third-order valence-corrected chi connectivity index (χ3v) is 6.67. The Labute approximate surface area is 165 Å². The normalized spacial score (nSPS) is 28.5. The molecule has 4 atom stereocenters. The number of aromatic nitrogens is 2. The molecule has 2 fully saturated rings. The lowest BCUT2D eigenvalue weighted by molar-refractivity contribution is 0.180. The van der Waals surface area contributed by atoms with Gasteiger partial charge in [0.05, 0.1) is 30.0 Å². The maximum atomic E-state index is 15.2. The molecule has 1 saturated heterocycles. The lowest BCUT2D eigenvalue weighted by Crippen LogP contribution is -2.60. The van der Waals surface area contributed by atoms with E-state index in [0.29, 0.717) is 30.4 Å². The van der Waals surface area contributed by atoms with Crippen LogP contribution in [0.4, 0.5) is 13.2 Å². The monoisotopic (exact) mass is 412 g/mol. The highest BCUT2D eigenvalue weighted by atomic mass is 19.1. The predicted octanol–water partition coefficient (Wildman–Crippen LogP) is -0.253. The summed E-state index contributed by atoms with van der Waals surface area (Å²) in [4.78, 5) is 28.9. The number of halogens is 3. The Morgan fingerprint density at radius 1 is 1.24 bits per heavy atom. The maximum absolute atomic E-state index is 15.2. The van der Waals surface area contributed by atoms with Crippen LogP contribution in [0, 0.1) is 11.8 Å². The Morgan fingerprint density at radius 2 is 1.93 bits per heavy atom. The topological polar surface area (TPSA) is 84.1 Å². The number of likely N-dealkylation sites (tertiary alicyclic amines) is 1. The van der Waals surface area contributed by atoms with Crippen LogP contribution in [0.5, 0.6) is 0 Å². The van der Waals surface area contributed by atoms with Crippen molar-refractivity contribution in [3.05, 3.63) is 31.4 Å². The average molecular weight is 412 g/mol. The number of aromatic amines is 1. The van der Waals surface area contributed by atoms with Crippen molar-refractivity contribution in [1.82, 2.24) is 14.5 Å². The van der Waals surface area contributed by atoms with E-state index >= 15 is 4.39 Å². The van der Waals surface area contributed by atoms with E-state index in [1.165, 1.54) is 6.08 Å². The molecule has 1 aliphatic heterocycles. The summed E-state index contributed by atoms with van der Waals surface area (Å²) in [6, 6.07) is -1.22. The van der Waals surface area contributed by atoms with Gasteiger partial charge in [0.15, 0.2) is 0 Å². The molecule has 6 nitrogen and oxygen atoms in total. The maximum Gasteiger partial charge on any atom is 0.329 e. The number of hydrogen-bond acceptors (Lipinski definition) is 4. The standard InChI is InChI=1S/C20H27F3N4O2/c1-10-17-14(19(28)25-20(29)27(17)13-2-3-13)6-15(23)18(10)26-5-4-11(9-26)16(24)12(7-21)8-22/h6,11-13,15-16,18H,2-5,7-9,24H2,1H3,(H,25,28,29). The highest BCUT2D eigenvalue weighted by molar-refractivity contribution is 5.56. The number of H-pyrrole nitrogens is 1. The largest absolute Gasteiger partial charge is 0.329 e. The van der Waals surface area contributed by atoms with E-state index in [-0.39, 0.29) is 17.2 Å². The Hall–Kier alpha value is -1.87. The quantitative estimate of drug-likeness (QED) is 0.675. The van der Waals surface area contributed by atoms with Gasteiger partial charge in [-0.3, -0.25) is 28.0 Å². The molecule has 3 N–H and O–H groups in total. The SMILES string of the molecule is CC1=c2c(c(=O)[nH]c(=O)n2C2CC2)=CC(F)C1N1CCC(C(N)C(CF)CF)C1. The molecule has 1 saturated carbocycles. The molecule has 0 radical (unpaired) electrons. The minimum absolute atomic E-state index is 0.0304. The van der Waals surface area contributed by atoms with Gasteiger partial charge in [-0.2, -0.15) is 0 Å². The van der Waals surface area contributed by atoms with Crippen LogP contribution in [0.25, 0.3) is 11.6 Å². The van der Waals surface area contributed by atoms with Crippen LogP contribution in [0.3, 0.4) is 0 Å². The van der Waals surface area contributed by atoms with Gasteiger partial charge in [0.25, 0.3) is 5.56 Å². The fourth-order valence-corrected chi connectivity index (χ4v) is 4.92. The number of nitrogens with one attached hydrogen (secondary N) is 1. The van der Waals surface area contributed by atoms with Crippen molar-refractivity contribution in [2.24, 2.45) is 17.6 Å². The zero-order valence-corrected chi connectivity index (χ0v) is 16.4. The molecular formula is C20H27F3N4O2. The summed E-state index contributed by atoms with van der Waals surface area (Å²) in [6.45, 7) is 1.12. The zero-order chi connectivity index (χ0) is 20.9. The van der Waals surface area contributed by atoms with Gasteiger partial charge in [-0.25, -0.2) is 9.18 Å². The summed E-state index contributed by atoms with van der Waals surface area (Å²) in [7, 11) is 0. The minimum Gasteiger partial charge on any atom is -0.327 e. The van der Waals surface area contributed by atoms with Gasteiger partial charge < -0.3 is 5.73 Å². The van der Waals surface area contributed by atoms with Gasteiger partial charge in [0, 0.05) is 24.5 Å². The molecule has 2 aliphatic carbocycles. The van der Waals surface area contributed by atoms with Crippen LogP contribution in [0.2, 0.25) is 0 Å². The Bertz CT molecular complexity index is 1010. The molecule has 29 heavy (non-hydrogen) atoms. The third kappa shape index (κ3) is 3.48. The highest BCUT2D eigenvalue weighted by Gasteiger charge is 2.40. The Morgan fingerprint density at radius 3 is 2.55 bits per heavy atom. The summed E-state index contributed by atoms with van der Waals surface area (Å²) in [5.41, 5.74) is 5.70. The van der Waals surface area contributed by atoms with Gasteiger partial charge in [0.1, 0.15) is 6.17 Å². The van der Waals surface area contributed by atoms with E-state index in [0.717, 1.165) is 12.8 Å². The molecule has 0 amide bonds. The smallest absolute Gasteiger partial charge is 0.327 e. The first kappa shape index (κ1) is 20.4. The van der Waals surface area contributed by atoms with E-state index in [9.17, 15) is 18.4 Å². The van der Waals surface area contributed by atoms with Crippen molar-refractivity contribution in [2.75, 3.05) is 26.4 Å². The predicted molar refractivity (Wildman–Crippen MR) is 104 cm³/mol. The Balaban J connectivity index is 1.71. The van der Waals surface area contributed by atoms with Gasteiger partial charge in [-0.1, -0.05) is 0 Å². The molecule has 0 spiro atoms. The molecule has 4 unspecified atom stereocenters. The third-order valence-electron chi connectivity index (χ3n) is 6.67. The van der Waals surface area contributed by atoms with Crippen LogP contribution in [-0.2, 0) is 0 Å². The van der Waals surface area contributed by atoms with Crippen molar-refractivity contribution in [2.45, 2.75) is 50.5 Å². The number of hydrogen-bond donors (Lipinski definition) is 2. The van der Waals surface area contributed by atoms with Crippen molar-refractivity contribution >= 4 is 11.6 Å². The fourth-order valence-electron chi connectivity index (χ4n) is 4.92. The summed E-state index contributed by atoms with van der Waals surface area (Å²) in [5, 5.41) is 0.721. The summed E-state index contributed by atoms with van der Waals surface area (Å²) >= 11 is 0.